The minimum absolute atomic E-state index is 0.0123. The standard InChI is InChI=1S/C20H26FN5O6/c1-23-12-17(27)25-15(9-18(28)29)19(30)24(7-8-32-2)11-16(25)26(23)20(31)22-10-13-3-5-14(21)6-4-13/h3-6,15-16H,7-12H2,1-2H3,(H,22,31)(H,28,29)/t15-,16-/m0/s1. The summed E-state index contributed by atoms with van der Waals surface area (Å²) in [5.41, 5.74) is 0.677. The third-order valence-electron chi connectivity index (χ3n) is 5.44. The number of hydrazine groups is 1. The van der Waals surface area contributed by atoms with Crippen LogP contribution >= 0.6 is 0 Å². The first kappa shape index (κ1) is 23.4. The van der Waals surface area contributed by atoms with Gasteiger partial charge in [-0.25, -0.2) is 19.2 Å². The summed E-state index contributed by atoms with van der Waals surface area (Å²) in [5.74, 6) is -2.55. The van der Waals surface area contributed by atoms with Crippen LogP contribution < -0.4 is 5.32 Å². The number of aliphatic carboxylic acids is 1. The van der Waals surface area contributed by atoms with Crippen LogP contribution in [0.15, 0.2) is 24.3 Å². The number of carbonyl (C=O) groups excluding carboxylic acids is 3. The van der Waals surface area contributed by atoms with Gasteiger partial charge in [-0.3, -0.25) is 14.4 Å². The number of fused-ring (bicyclic) bond motifs is 1. The number of carboxylic acids is 1. The second kappa shape index (κ2) is 9.92. The Morgan fingerprint density at radius 3 is 2.56 bits per heavy atom. The van der Waals surface area contributed by atoms with Gasteiger partial charge in [0.05, 0.1) is 26.1 Å². The molecule has 4 amide bonds. The number of carboxylic acid groups (broad SMARTS) is 1. The third-order valence-corrected chi connectivity index (χ3v) is 5.44. The van der Waals surface area contributed by atoms with E-state index in [0.717, 1.165) is 0 Å². The highest BCUT2D eigenvalue weighted by atomic mass is 19.1. The molecule has 0 aliphatic carbocycles. The predicted molar refractivity (Wildman–Crippen MR) is 108 cm³/mol. The molecule has 2 heterocycles. The Hall–Kier alpha value is -3.25. The highest BCUT2D eigenvalue weighted by Crippen LogP contribution is 2.27. The summed E-state index contributed by atoms with van der Waals surface area (Å²) in [5, 5.41) is 14.8. The molecule has 2 aliphatic rings. The number of nitrogens with zero attached hydrogens (tertiary/aromatic N) is 4. The van der Waals surface area contributed by atoms with Gasteiger partial charge in [-0.05, 0) is 17.7 Å². The van der Waals surface area contributed by atoms with Crippen molar-refractivity contribution in [2.45, 2.75) is 25.2 Å². The Bertz CT molecular complexity index is 882. The van der Waals surface area contributed by atoms with Crippen molar-refractivity contribution in [2.24, 2.45) is 0 Å². The van der Waals surface area contributed by atoms with E-state index in [0.29, 0.717) is 5.56 Å². The number of likely N-dealkylation sites (N-methyl/N-ethyl adjacent to an activating group) is 1. The molecule has 0 radical (unpaired) electrons. The fraction of sp³-hybridized carbons (Fsp3) is 0.500. The Balaban J connectivity index is 1.84. The maximum Gasteiger partial charge on any atom is 0.334 e. The number of urea groups is 1. The second-order valence-electron chi connectivity index (χ2n) is 7.62. The van der Waals surface area contributed by atoms with Crippen LogP contribution in [0.2, 0.25) is 0 Å². The average Bonchev–Trinajstić information content (AvgIpc) is 2.73. The summed E-state index contributed by atoms with van der Waals surface area (Å²) in [4.78, 5) is 52.8. The second-order valence-corrected chi connectivity index (χ2v) is 7.62. The number of benzene rings is 1. The number of methoxy groups -OCH3 is 1. The molecule has 0 aromatic heterocycles. The summed E-state index contributed by atoms with van der Waals surface area (Å²) in [7, 11) is 3.04. The lowest BCUT2D eigenvalue weighted by atomic mass is 10.0. The molecule has 0 bridgehead atoms. The van der Waals surface area contributed by atoms with Gasteiger partial charge in [-0.2, -0.15) is 0 Å². The molecule has 1 aromatic carbocycles. The molecule has 2 aliphatic heterocycles. The van der Waals surface area contributed by atoms with Gasteiger partial charge in [0.1, 0.15) is 18.0 Å². The average molecular weight is 451 g/mol. The molecule has 0 unspecified atom stereocenters. The van der Waals surface area contributed by atoms with E-state index in [2.05, 4.69) is 5.32 Å². The van der Waals surface area contributed by atoms with Gasteiger partial charge < -0.3 is 25.0 Å². The monoisotopic (exact) mass is 451 g/mol. The molecule has 12 heteroatoms. The van der Waals surface area contributed by atoms with Crippen molar-refractivity contribution in [3.63, 3.8) is 0 Å². The van der Waals surface area contributed by atoms with Crippen LogP contribution in [0.4, 0.5) is 9.18 Å². The van der Waals surface area contributed by atoms with E-state index in [-0.39, 0.29) is 32.8 Å². The third kappa shape index (κ3) is 4.97. The maximum atomic E-state index is 13.1. The van der Waals surface area contributed by atoms with E-state index in [1.54, 1.807) is 19.2 Å². The maximum absolute atomic E-state index is 13.1. The Morgan fingerprint density at radius 1 is 1.25 bits per heavy atom. The van der Waals surface area contributed by atoms with Gasteiger partial charge >= 0.3 is 12.0 Å². The zero-order valence-electron chi connectivity index (χ0n) is 17.9. The lowest BCUT2D eigenvalue weighted by Crippen LogP contribution is -2.76. The zero-order chi connectivity index (χ0) is 23.4. The van der Waals surface area contributed by atoms with Crippen molar-refractivity contribution in [2.75, 3.05) is 40.4 Å². The van der Waals surface area contributed by atoms with E-state index < -0.39 is 48.3 Å². The molecule has 2 N–H and O–H groups in total. The number of piperazine rings is 1. The van der Waals surface area contributed by atoms with Gasteiger partial charge in [0.25, 0.3) is 0 Å². The quantitative estimate of drug-likeness (QED) is 0.583. The van der Waals surface area contributed by atoms with Crippen molar-refractivity contribution in [3.8, 4) is 0 Å². The number of hydrogen-bond acceptors (Lipinski definition) is 6. The lowest BCUT2D eigenvalue weighted by molar-refractivity contribution is -0.188. The first-order chi connectivity index (χ1) is 15.2. The summed E-state index contributed by atoms with van der Waals surface area (Å²) in [6.45, 7) is 0.354. The highest BCUT2D eigenvalue weighted by Gasteiger charge is 2.51. The topological polar surface area (TPSA) is 123 Å². The first-order valence-corrected chi connectivity index (χ1v) is 10.1. The van der Waals surface area contributed by atoms with Crippen molar-refractivity contribution in [1.29, 1.82) is 0 Å². The van der Waals surface area contributed by atoms with E-state index in [4.69, 9.17) is 4.74 Å². The van der Waals surface area contributed by atoms with Crippen molar-refractivity contribution >= 4 is 23.8 Å². The van der Waals surface area contributed by atoms with E-state index in [1.165, 1.54) is 39.1 Å². The van der Waals surface area contributed by atoms with Crippen LogP contribution in [0, 0.1) is 5.82 Å². The number of hydrogen-bond donors (Lipinski definition) is 2. The summed E-state index contributed by atoms with van der Waals surface area (Å²) in [6.07, 6.45) is -1.45. The van der Waals surface area contributed by atoms with Crippen LogP contribution in [0.5, 0.6) is 0 Å². The molecule has 32 heavy (non-hydrogen) atoms. The highest BCUT2D eigenvalue weighted by molar-refractivity contribution is 5.93. The largest absolute Gasteiger partial charge is 0.481 e. The molecule has 3 rings (SSSR count). The van der Waals surface area contributed by atoms with Crippen molar-refractivity contribution in [3.05, 3.63) is 35.6 Å². The Labute approximate surface area is 184 Å². The van der Waals surface area contributed by atoms with Crippen LogP contribution in [0.3, 0.4) is 0 Å². The van der Waals surface area contributed by atoms with Gasteiger partial charge in [0.2, 0.25) is 11.8 Å². The molecule has 0 saturated carbocycles. The molecule has 2 saturated heterocycles. The molecule has 174 valence electrons. The SMILES string of the molecule is COCCN1C[C@H]2N(C(=O)CN(C)N2C(=O)NCc2ccc(F)cc2)[C@@H](CC(=O)O)C1=O. The molecule has 0 spiro atoms. The normalized spacial score (nSPS) is 21.5. The van der Waals surface area contributed by atoms with E-state index in [9.17, 15) is 28.7 Å². The number of rotatable bonds is 7. The van der Waals surface area contributed by atoms with Gasteiger partial charge in [0, 0.05) is 27.2 Å². The van der Waals surface area contributed by atoms with Crippen LogP contribution in [-0.4, -0.2) is 101 Å². The molecular weight excluding hydrogens is 425 g/mol. The van der Waals surface area contributed by atoms with Crippen LogP contribution in [0.25, 0.3) is 0 Å². The first-order valence-electron chi connectivity index (χ1n) is 10.1. The Kier molecular flexibility index (Phi) is 7.26. The number of amides is 4. The number of carbonyl (C=O) groups is 4. The molecule has 2 fully saturated rings. The molecule has 1 aromatic rings. The minimum Gasteiger partial charge on any atom is -0.481 e. The summed E-state index contributed by atoms with van der Waals surface area (Å²) in [6, 6.07) is 3.89. The lowest BCUT2D eigenvalue weighted by Gasteiger charge is -2.54. The minimum atomic E-state index is -1.23. The van der Waals surface area contributed by atoms with Crippen molar-refractivity contribution in [1.82, 2.24) is 25.1 Å². The van der Waals surface area contributed by atoms with E-state index >= 15 is 0 Å². The van der Waals surface area contributed by atoms with Crippen molar-refractivity contribution < 1.29 is 33.4 Å². The van der Waals surface area contributed by atoms with Gasteiger partial charge in [-0.1, -0.05) is 12.1 Å². The van der Waals surface area contributed by atoms with Crippen LogP contribution in [0.1, 0.15) is 12.0 Å². The Morgan fingerprint density at radius 2 is 1.94 bits per heavy atom. The fourth-order valence-electron chi connectivity index (χ4n) is 3.93. The number of nitrogens with one attached hydrogen (secondary N) is 1. The molecule has 2 atom stereocenters. The smallest absolute Gasteiger partial charge is 0.334 e. The molecule has 11 nitrogen and oxygen atoms in total. The number of halogens is 1. The fourth-order valence-corrected chi connectivity index (χ4v) is 3.93. The summed E-state index contributed by atoms with van der Waals surface area (Å²) < 4.78 is 18.1. The molecular formula is C20H26FN5O6. The van der Waals surface area contributed by atoms with Gasteiger partial charge in [-0.15, -0.1) is 0 Å². The predicted octanol–water partition coefficient (Wildman–Crippen LogP) is -0.316. The summed E-state index contributed by atoms with van der Waals surface area (Å²) >= 11 is 0. The zero-order valence-corrected chi connectivity index (χ0v) is 17.9. The van der Waals surface area contributed by atoms with Crippen LogP contribution in [-0.2, 0) is 25.7 Å². The number of ether oxygens (including phenoxy) is 1. The van der Waals surface area contributed by atoms with E-state index in [1.807, 2.05) is 0 Å². The van der Waals surface area contributed by atoms with Gasteiger partial charge in [0.15, 0.2) is 0 Å².